The zero-order valence-corrected chi connectivity index (χ0v) is 12.5. The van der Waals surface area contributed by atoms with Crippen molar-refractivity contribution in [2.24, 2.45) is 11.8 Å². The molecule has 1 N–H and O–H groups in total. The molecule has 0 unspecified atom stereocenters. The number of rotatable bonds is 1. The van der Waals surface area contributed by atoms with E-state index in [1.54, 1.807) is 0 Å². The Morgan fingerprint density at radius 3 is 2.30 bits per heavy atom. The van der Waals surface area contributed by atoms with Crippen LogP contribution in [-0.2, 0) is 6.18 Å². The molecule has 0 saturated carbocycles. The second-order valence-corrected chi connectivity index (χ2v) is 6.24. The summed E-state index contributed by atoms with van der Waals surface area (Å²) in [7, 11) is 0. The van der Waals surface area contributed by atoms with Gasteiger partial charge in [-0.05, 0) is 56.0 Å². The molecule has 2 saturated heterocycles. The Morgan fingerprint density at radius 2 is 1.74 bits per heavy atom. The number of amides is 1. The average Bonchev–Trinajstić information content (AvgIpc) is 2.84. The molecule has 2 fully saturated rings. The fourth-order valence-corrected chi connectivity index (χ4v) is 3.46. The normalized spacial score (nSPS) is 25.1. The minimum atomic E-state index is -4.59. The van der Waals surface area contributed by atoms with E-state index in [4.69, 9.17) is 0 Å². The second-order valence-electron chi connectivity index (χ2n) is 6.24. The molecule has 2 aliphatic rings. The van der Waals surface area contributed by atoms with Crippen LogP contribution in [0.25, 0.3) is 0 Å². The van der Waals surface area contributed by atoms with Gasteiger partial charge in [0.15, 0.2) is 0 Å². The molecule has 23 heavy (non-hydrogen) atoms. The van der Waals surface area contributed by atoms with E-state index in [0.29, 0.717) is 43.1 Å². The van der Waals surface area contributed by atoms with E-state index in [1.807, 2.05) is 0 Å². The number of nitrogens with zero attached hydrogens (tertiary/aromatic N) is 1. The summed E-state index contributed by atoms with van der Waals surface area (Å²) in [6, 6.07) is 1.99. The fraction of sp³-hybridized carbons (Fsp3) is 0.562. The Hall–Kier alpha value is -1.63. The standard InChI is InChI=1S/C16H18F4N2O/c17-14-2-1-12(16(18,19)20)7-13(14)15(23)22-5-3-10-8-21-9-11(10)4-6-22/h1-2,7,10-11,21H,3-6,8-9H2/t10-,11+. The van der Waals surface area contributed by atoms with Crippen molar-refractivity contribution < 1.29 is 22.4 Å². The first-order valence-corrected chi connectivity index (χ1v) is 7.73. The van der Waals surface area contributed by atoms with Crippen LogP contribution in [0.5, 0.6) is 0 Å². The van der Waals surface area contributed by atoms with E-state index in [1.165, 1.54) is 4.90 Å². The van der Waals surface area contributed by atoms with Crippen molar-refractivity contribution in [3.63, 3.8) is 0 Å². The number of nitrogens with one attached hydrogen (secondary N) is 1. The highest BCUT2D eigenvalue weighted by Crippen LogP contribution is 2.32. The molecule has 0 aromatic heterocycles. The van der Waals surface area contributed by atoms with Gasteiger partial charge < -0.3 is 10.2 Å². The molecular weight excluding hydrogens is 312 g/mol. The van der Waals surface area contributed by atoms with E-state index < -0.39 is 29.0 Å². The maximum absolute atomic E-state index is 13.9. The predicted octanol–water partition coefficient (Wildman–Crippen LogP) is 2.92. The van der Waals surface area contributed by atoms with Crippen LogP contribution >= 0.6 is 0 Å². The number of carbonyl (C=O) groups is 1. The minimum absolute atomic E-state index is 0.456. The Balaban J connectivity index is 1.80. The highest BCUT2D eigenvalue weighted by atomic mass is 19.4. The molecule has 0 bridgehead atoms. The van der Waals surface area contributed by atoms with Crippen molar-refractivity contribution in [3.8, 4) is 0 Å². The molecule has 1 amide bonds. The van der Waals surface area contributed by atoms with E-state index in [0.717, 1.165) is 25.9 Å². The van der Waals surface area contributed by atoms with E-state index in [9.17, 15) is 22.4 Å². The lowest BCUT2D eigenvalue weighted by Gasteiger charge is -2.21. The number of hydrogen-bond acceptors (Lipinski definition) is 2. The first kappa shape index (κ1) is 16.2. The largest absolute Gasteiger partial charge is 0.416 e. The number of halogens is 4. The van der Waals surface area contributed by atoms with Gasteiger partial charge in [-0.25, -0.2) is 4.39 Å². The Kier molecular flexibility index (Phi) is 4.31. The summed E-state index contributed by atoms with van der Waals surface area (Å²) in [5, 5.41) is 3.31. The van der Waals surface area contributed by atoms with Crippen LogP contribution in [-0.4, -0.2) is 37.0 Å². The summed E-state index contributed by atoms with van der Waals surface area (Å²) in [5.41, 5.74) is -1.50. The van der Waals surface area contributed by atoms with Gasteiger partial charge in [-0.15, -0.1) is 0 Å². The predicted molar refractivity (Wildman–Crippen MR) is 76.4 cm³/mol. The second kappa shape index (κ2) is 6.11. The van der Waals surface area contributed by atoms with Crippen LogP contribution < -0.4 is 5.32 Å². The third-order valence-corrected chi connectivity index (χ3v) is 4.83. The number of fused-ring (bicyclic) bond motifs is 1. The van der Waals surface area contributed by atoms with Crippen LogP contribution in [0.4, 0.5) is 17.6 Å². The van der Waals surface area contributed by atoms with Gasteiger partial charge in [-0.2, -0.15) is 13.2 Å². The first-order valence-electron chi connectivity index (χ1n) is 7.73. The van der Waals surface area contributed by atoms with Gasteiger partial charge in [0.25, 0.3) is 5.91 Å². The highest BCUT2D eigenvalue weighted by molar-refractivity contribution is 5.94. The summed E-state index contributed by atoms with van der Waals surface area (Å²) in [5.74, 6) is -0.589. The van der Waals surface area contributed by atoms with Gasteiger partial charge in [-0.1, -0.05) is 0 Å². The van der Waals surface area contributed by atoms with Crippen LogP contribution in [0.1, 0.15) is 28.8 Å². The molecule has 0 radical (unpaired) electrons. The quantitative estimate of drug-likeness (QED) is 0.803. The molecule has 1 aromatic rings. The topological polar surface area (TPSA) is 32.3 Å². The monoisotopic (exact) mass is 330 g/mol. The number of carbonyl (C=O) groups excluding carboxylic acids is 1. The van der Waals surface area contributed by atoms with E-state index in [2.05, 4.69) is 5.32 Å². The third kappa shape index (κ3) is 3.34. The summed E-state index contributed by atoms with van der Waals surface area (Å²) in [6.45, 7) is 2.73. The maximum Gasteiger partial charge on any atom is 0.416 e. The molecule has 3 nitrogen and oxygen atoms in total. The highest BCUT2D eigenvalue weighted by Gasteiger charge is 2.34. The van der Waals surface area contributed by atoms with Gasteiger partial charge in [0.05, 0.1) is 11.1 Å². The first-order chi connectivity index (χ1) is 10.9. The van der Waals surface area contributed by atoms with Crippen molar-refractivity contribution >= 4 is 5.91 Å². The number of benzene rings is 1. The van der Waals surface area contributed by atoms with Crippen molar-refractivity contribution in [1.82, 2.24) is 10.2 Å². The average molecular weight is 330 g/mol. The summed E-state index contributed by atoms with van der Waals surface area (Å²) in [4.78, 5) is 14.0. The van der Waals surface area contributed by atoms with Crippen LogP contribution in [0.15, 0.2) is 18.2 Å². The lowest BCUT2D eigenvalue weighted by atomic mass is 9.92. The lowest BCUT2D eigenvalue weighted by molar-refractivity contribution is -0.137. The lowest BCUT2D eigenvalue weighted by Crippen LogP contribution is -2.33. The molecule has 2 heterocycles. The van der Waals surface area contributed by atoms with Gasteiger partial charge in [-0.3, -0.25) is 4.79 Å². The molecule has 0 spiro atoms. The fourth-order valence-electron chi connectivity index (χ4n) is 3.46. The van der Waals surface area contributed by atoms with Crippen molar-refractivity contribution in [3.05, 3.63) is 35.1 Å². The minimum Gasteiger partial charge on any atom is -0.339 e. The van der Waals surface area contributed by atoms with E-state index >= 15 is 0 Å². The number of hydrogen-bond donors (Lipinski definition) is 1. The Labute approximate surface area is 131 Å². The molecular formula is C16H18F4N2O. The summed E-state index contributed by atoms with van der Waals surface area (Å²) in [6.07, 6.45) is -3.00. The molecule has 2 atom stereocenters. The molecule has 2 aliphatic heterocycles. The number of alkyl halides is 3. The van der Waals surface area contributed by atoms with Crippen LogP contribution in [0, 0.1) is 17.7 Å². The molecule has 126 valence electrons. The number of likely N-dealkylation sites (tertiary alicyclic amines) is 1. The zero-order chi connectivity index (χ0) is 16.6. The van der Waals surface area contributed by atoms with E-state index in [-0.39, 0.29) is 0 Å². The van der Waals surface area contributed by atoms with Crippen molar-refractivity contribution in [1.29, 1.82) is 0 Å². The SMILES string of the molecule is O=C(c1cc(C(F)(F)F)ccc1F)N1CC[C@@H]2CNC[C@@H]2CC1. The summed E-state index contributed by atoms with van der Waals surface area (Å²) < 4.78 is 52.2. The van der Waals surface area contributed by atoms with Crippen molar-refractivity contribution in [2.45, 2.75) is 19.0 Å². The smallest absolute Gasteiger partial charge is 0.339 e. The molecule has 1 aromatic carbocycles. The van der Waals surface area contributed by atoms with Crippen LogP contribution in [0.2, 0.25) is 0 Å². The maximum atomic E-state index is 13.9. The van der Waals surface area contributed by atoms with Gasteiger partial charge in [0.2, 0.25) is 0 Å². The third-order valence-electron chi connectivity index (χ3n) is 4.83. The zero-order valence-electron chi connectivity index (χ0n) is 12.5. The van der Waals surface area contributed by atoms with Crippen LogP contribution in [0.3, 0.4) is 0 Å². The molecule has 0 aliphatic carbocycles. The van der Waals surface area contributed by atoms with Gasteiger partial charge in [0.1, 0.15) is 5.82 Å². The Morgan fingerprint density at radius 1 is 1.13 bits per heavy atom. The molecule has 3 rings (SSSR count). The Bertz CT molecular complexity index is 588. The van der Waals surface area contributed by atoms with Gasteiger partial charge in [0, 0.05) is 13.1 Å². The van der Waals surface area contributed by atoms with Gasteiger partial charge >= 0.3 is 6.18 Å². The van der Waals surface area contributed by atoms with Crippen molar-refractivity contribution in [2.75, 3.05) is 26.2 Å². The summed E-state index contributed by atoms with van der Waals surface area (Å²) >= 11 is 0. The molecule has 7 heteroatoms.